The van der Waals surface area contributed by atoms with Gasteiger partial charge in [-0.3, -0.25) is 19.7 Å². The molecule has 0 aliphatic heterocycles. The molecule has 0 aliphatic rings. The largest absolute Gasteiger partial charge is 0.465 e. The summed E-state index contributed by atoms with van der Waals surface area (Å²) >= 11 is 0. The van der Waals surface area contributed by atoms with Crippen LogP contribution < -0.4 is 0 Å². The van der Waals surface area contributed by atoms with Crippen molar-refractivity contribution in [3.63, 3.8) is 0 Å². The summed E-state index contributed by atoms with van der Waals surface area (Å²) in [6.07, 6.45) is -4.58. The zero-order valence-corrected chi connectivity index (χ0v) is 12.6. The quantitative estimate of drug-likeness (QED) is 0.335. The van der Waals surface area contributed by atoms with Crippen molar-refractivity contribution in [2.24, 2.45) is 0 Å². The van der Waals surface area contributed by atoms with E-state index < -0.39 is 45.9 Å². The predicted molar refractivity (Wildman–Crippen MR) is 71.9 cm³/mol. The molecule has 1 rings (SSSR count). The fourth-order valence-electron chi connectivity index (χ4n) is 1.80. The lowest BCUT2D eigenvalue weighted by atomic mass is 9.97. The molecule has 11 heteroatoms. The van der Waals surface area contributed by atoms with Crippen molar-refractivity contribution in [1.29, 1.82) is 0 Å². The number of pyridine rings is 1. The predicted octanol–water partition coefficient (Wildman–Crippen LogP) is 2.22. The van der Waals surface area contributed by atoms with Crippen LogP contribution in [0.2, 0.25) is 0 Å². The molecule has 132 valence electrons. The summed E-state index contributed by atoms with van der Waals surface area (Å²) in [5.74, 6) is -4.52. The lowest BCUT2D eigenvalue weighted by Crippen LogP contribution is -2.27. The van der Waals surface area contributed by atoms with Gasteiger partial charge >= 0.3 is 18.1 Å². The zero-order valence-electron chi connectivity index (χ0n) is 12.6. The van der Waals surface area contributed by atoms with Crippen molar-refractivity contribution < 1.29 is 37.2 Å². The Labute approximate surface area is 133 Å². The first-order valence-electron chi connectivity index (χ1n) is 6.68. The number of esters is 2. The number of nitro groups is 1. The number of hydrogen-bond acceptors (Lipinski definition) is 7. The van der Waals surface area contributed by atoms with Gasteiger partial charge in [-0.25, -0.2) is 4.98 Å². The molecule has 1 heterocycles. The normalized spacial score (nSPS) is 11.2. The van der Waals surface area contributed by atoms with Crippen LogP contribution in [0.1, 0.15) is 31.0 Å². The van der Waals surface area contributed by atoms with Crippen molar-refractivity contribution in [1.82, 2.24) is 4.98 Å². The Morgan fingerprint density at radius 3 is 2.12 bits per heavy atom. The highest BCUT2D eigenvalue weighted by Crippen LogP contribution is 2.34. The number of nitrogens with zero attached hydrogens (tertiary/aromatic N) is 2. The number of aromatic nitrogens is 1. The van der Waals surface area contributed by atoms with Crippen LogP contribution in [-0.2, 0) is 25.2 Å². The summed E-state index contributed by atoms with van der Waals surface area (Å²) in [7, 11) is 0. The standard InChI is InChI=1S/C13H13F3N2O6/c1-3-23-11(19)10(12(20)24-4-2)7-5-9(13(14,15)16)17-6-8(7)18(21)22/h5-6,10H,3-4H2,1-2H3. The molecule has 0 fully saturated rings. The molecule has 0 aliphatic carbocycles. The Balaban J connectivity index is 3.55. The summed E-state index contributed by atoms with van der Waals surface area (Å²) < 4.78 is 47.6. The van der Waals surface area contributed by atoms with Gasteiger partial charge in [-0.05, 0) is 19.9 Å². The van der Waals surface area contributed by atoms with Crippen molar-refractivity contribution in [3.05, 3.63) is 33.6 Å². The van der Waals surface area contributed by atoms with E-state index in [2.05, 4.69) is 14.5 Å². The van der Waals surface area contributed by atoms with Gasteiger partial charge in [0.2, 0.25) is 0 Å². The zero-order chi connectivity index (χ0) is 18.5. The van der Waals surface area contributed by atoms with E-state index in [1.54, 1.807) is 0 Å². The first-order valence-corrected chi connectivity index (χ1v) is 6.68. The van der Waals surface area contributed by atoms with Crippen LogP contribution in [0.25, 0.3) is 0 Å². The van der Waals surface area contributed by atoms with Gasteiger partial charge in [0.05, 0.1) is 23.7 Å². The van der Waals surface area contributed by atoms with Crippen LogP contribution in [-0.4, -0.2) is 35.1 Å². The summed E-state index contributed by atoms with van der Waals surface area (Å²) in [6, 6.07) is 0.274. The van der Waals surface area contributed by atoms with Crippen LogP contribution in [0.4, 0.5) is 18.9 Å². The Morgan fingerprint density at radius 2 is 1.75 bits per heavy atom. The van der Waals surface area contributed by atoms with E-state index in [1.807, 2.05) is 0 Å². The van der Waals surface area contributed by atoms with Gasteiger partial charge in [-0.2, -0.15) is 13.2 Å². The molecule has 1 aromatic heterocycles. The van der Waals surface area contributed by atoms with E-state index in [0.717, 1.165) is 0 Å². The van der Waals surface area contributed by atoms with E-state index in [0.29, 0.717) is 6.20 Å². The average molecular weight is 350 g/mol. The molecule has 0 bridgehead atoms. The monoisotopic (exact) mass is 350 g/mol. The number of alkyl halides is 3. The molecular formula is C13H13F3N2O6. The first kappa shape index (κ1) is 19.3. The maximum Gasteiger partial charge on any atom is 0.433 e. The Kier molecular flexibility index (Phi) is 6.20. The summed E-state index contributed by atoms with van der Waals surface area (Å²) in [4.78, 5) is 36.8. The third kappa shape index (κ3) is 4.40. The number of rotatable bonds is 6. The van der Waals surface area contributed by atoms with Gasteiger partial charge < -0.3 is 9.47 Å². The van der Waals surface area contributed by atoms with E-state index in [4.69, 9.17) is 0 Å². The Bertz CT molecular complexity index is 629. The number of ether oxygens (including phenoxy) is 2. The molecule has 0 atom stereocenters. The molecule has 0 saturated carbocycles. The minimum Gasteiger partial charge on any atom is -0.465 e. The third-order valence-electron chi connectivity index (χ3n) is 2.76. The van der Waals surface area contributed by atoms with E-state index in [1.165, 1.54) is 13.8 Å². The fourth-order valence-corrected chi connectivity index (χ4v) is 1.80. The first-order chi connectivity index (χ1) is 11.1. The van der Waals surface area contributed by atoms with Crippen molar-refractivity contribution in [2.75, 3.05) is 13.2 Å². The van der Waals surface area contributed by atoms with Crippen LogP contribution in [0.3, 0.4) is 0 Å². The van der Waals surface area contributed by atoms with Gasteiger partial charge in [-0.1, -0.05) is 0 Å². The molecular weight excluding hydrogens is 337 g/mol. The van der Waals surface area contributed by atoms with Gasteiger partial charge in [0.25, 0.3) is 5.69 Å². The van der Waals surface area contributed by atoms with Crippen LogP contribution in [0.5, 0.6) is 0 Å². The highest BCUT2D eigenvalue weighted by atomic mass is 19.4. The second kappa shape index (κ2) is 7.70. The minimum absolute atomic E-state index is 0.181. The molecule has 1 aromatic rings. The molecule has 8 nitrogen and oxygen atoms in total. The Morgan fingerprint density at radius 1 is 1.25 bits per heavy atom. The van der Waals surface area contributed by atoms with Crippen molar-refractivity contribution >= 4 is 17.6 Å². The van der Waals surface area contributed by atoms with E-state index in [-0.39, 0.29) is 19.3 Å². The summed E-state index contributed by atoms with van der Waals surface area (Å²) in [6.45, 7) is 2.45. The smallest absolute Gasteiger partial charge is 0.433 e. The molecule has 0 amide bonds. The fraction of sp³-hybridized carbons (Fsp3) is 0.462. The van der Waals surface area contributed by atoms with Crippen LogP contribution in [0, 0.1) is 10.1 Å². The lowest BCUT2D eigenvalue weighted by Gasteiger charge is -2.16. The van der Waals surface area contributed by atoms with Crippen LogP contribution in [0.15, 0.2) is 12.3 Å². The van der Waals surface area contributed by atoms with Gasteiger partial charge in [0, 0.05) is 0 Å². The minimum atomic E-state index is -4.92. The summed E-state index contributed by atoms with van der Waals surface area (Å²) in [5.41, 5.74) is -3.20. The highest BCUT2D eigenvalue weighted by Gasteiger charge is 2.41. The molecule has 0 saturated heterocycles. The molecule has 0 aromatic carbocycles. The molecule has 0 radical (unpaired) electrons. The highest BCUT2D eigenvalue weighted by molar-refractivity contribution is 6.01. The number of halogens is 3. The molecule has 0 spiro atoms. The SMILES string of the molecule is CCOC(=O)C(C(=O)OCC)c1cc(C(F)(F)F)ncc1[N+](=O)[O-]. The van der Waals surface area contributed by atoms with E-state index in [9.17, 15) is 32.9 Å². The third-order valence-corrected chi connectivity index (χ3v) is 2.76. The van der Waals surface area contributed by atoms with Gasteiger partial charge in [-0.15, -0.1) is 0 Å². The molecule has 0 unspecified atom stereocenters. The Hall–Kier alpha value is -2.72. The lowest BCUT2D eigenvalue weighted by molar-refractivity contribution is -0.386. The van der Waals surface area contributed by atoms with Crippen LogP contribution >= 0.6 is 0 Å². The van der Waals surface area contributed by atoms with E-state index >= 15 is 0 Å². The number of hydrogen-bond donors (Lipinski definition) is 0. The number of carbonyl (C=O) groups excluding carboxylic acids is 2. The maximum atomic E-state index is 12.8. The maximum absolute atomic E-state index is 12.8. The summed E-state index contributed by atoms with van der Waals surface area (Å²) in [5, 5.41) is 11.0. The second-order valence-electron chi connectivity index (χ2n) is 4.32. The molecule has 0 N–H and O–H groups in total. The molecule has 24 heavy (non-hydrogen) atoms. The average Bonchev–Trinajstić information content (AvgIpc) is 2.46. The van der Waals surface area contributed by atoms with Gasteiger partial charge in [0.1, 0.15) is 11.9 Å². The van der Waals surface area contributed by atoms with Gasteiger partial charge in [0.15, 0.2) is 5.92 Å². The second-order valence-corrected chi connectivity index (χ2v) is 4.32. The van der Waals surface area contributed by atoms with Crippen molar-refractivity contribution in [2.45, 2.75) is 25.9 Å². The number of carbonyl (C=O) groups is 2. The topological polar surface area (TPSA) is 109 Å². The van der Waals surface area contributed by atoms with Crippen molar-refractivity contribution in [3.8, 4) is 0 Å².